The summed E-state index contributed by atoms with van der Waals surface area (Å²) in [6.07, 6.45) is 6.90. The number of aromatic nitrogens is 1. The average molecular weight is 308 g/mol. The molecule has 1 aliphatic rings. The number of aliphatic hydroxyl groups excluding tert-OH is 1. The Morgan fingerprint density at radius 1 is 1.33 bits per heavy atom. The Balaban J connectivity index is 2.02. The highest BCUT2D eigenvalue weighted by atomic mass is 32.2. The maximum Gasteiger partial charge on any atom is 0.234 e. The minimum Gasteiger partial charge on any atom is -0.384 e. The first-order valence-corrected chi connectivity index (χ1v) is 8.80. The van der Waals surface area contributed by atoms with Gasteiger partial charge in [0.2, 0.25) is 10.0 Å². The summed E-state index contributed by atoms with van der Waals surface area (Å²) in [5.74, 6) is 5.92. The molecule has 0 unspecified atom stereocenters. The summed E-state index contributed by atoms with van der Waals surface area (Å²) < 4.78 is 26.8. The number of anilines is 1. The molecule has 0 aliphatic heterocycles. The van der Waals surface area contributed by atoms with E-state index >= 15 is 0 Å². The van der Waals surface area contributed by atoms with Crippen LogP contribution in [0.3, 0.4) is 0 Å². The smallest absolute Gasteiger partial charge is 0.234 e. The molecule has 1 saturated carbocycles. The standard InChI is InChI=1S/C15H20N2O3S/c18-10-4-7-13-8-9-16-15(11-13)17-21(19,20)12-14-5-2-1-3-6-14/h8-9,11,14,18H,1-3,5-6,10,12H2,(H,16,17). The summed E-state index contributed by atoms with van der Waals surface area (Å²) in [5.41, 5.74) is 0.620. The van der Waals surface area contributed by atoms with Crippen LogP contribution in [-0.4, -0.2) is 30.9 Å². The molecule has 0 amide bonds. The van der Waals surface area contributed by atoms with Gasteiger partial charge in [-0.1, -0.05) is 31.1 Å². The zero-order valence-corrected chi connectivity index (χ0v) is 12.7. The van der Waals surface area contributed by atoms with Crippen LogP contribution in [0, 0.1) is 17.8 Å². The van der Waals surface area contributed by atoms with Crippen molar-refractivity contribution in [3.8, 4) is 11.8 Å². The molecule has 1 aromatic heterocycles. The van der Waals surface area contributed by atoms with Crippen molar-refractivity contribution in [1.29, 1.82) is 0 Å². The van der Waals surface area contributed by atoms with Crippen molar-refractivity contribution in [2.45, 2.75) is 32.1 Å². The average Bonchev–Trinajstić information content (AvgIpc) is 2.45. The van der Waals surface area contributed by atoms with Crippen LogP contribution in [0.5, 0.6) is 0 Å². The predicted molar refractivity (Wildman–Crippen MR) is 82.2 cm³/mol. The summed E-state index contributed by atoms with van der Waals surface area (Å²) in [4.78, 5) is 4.01. The van der Waals surface area contributed by atoms with E-state index in [4.69, 9.17) is 5.11 Å². The normalized spacial score (nSPS) is 16.0. The van der Waals surface area contributed by atoms with Crippen molar-refractivity contribution in [1.82, 2.24) is 4.98 Å². The molecule has 114 valence electrons. The third-order valence-electron chi connectivity index (χ3n) is 3.51. The monoisotopic (exact) mass is 308 g/mol. The van der Waals surface area contributed by atoms with Crippen molar-refractivity contribution in [2.24, 2.45) is 5.92 Å². The first-order chi connectivity index (χ1) is 10.1. The Labute approximate surface area is 125 Å². The van der Waals surface area contributed by atoms with Crippen molar-refractivity contribution in [3.63, 3.8) is 0 Å². The molecule has 0 spiro atoms. The van der Waals surface area contributed by atoms with Crippen molar-refractivity contribution in [3.05, 3.63) is 23.9 Å². The van der Waals surface area contributed by atoms with E-state index in [0.717, 1.165) is 25.7 Å². The zero-order valence-electron chi connectivity index (χ0n) is 11.9. The van der Waals surface area contributed by atoms with Gasteiger partial charge < -0.3 is 5.11 Å². The van der Waals surface area contributed by atoms with Gasteiger partial charge in [0.05, 0.1) is 5.75 Å². The number of hydrogen-bond acceptors (Lipinski definition) is 4. The fraction of sp³-hybridized carbons (Fsp3) is 0.533. The van der Waals surface area contributed by atoms with Crippen LogP contribution < -0.4 is 4.72 Å². The SMILES string of the molecule is O=S(=O)(CC1CCCCC1)Nc1cc(C#CCO)ccn1. The lowest BCUT2D eigenvalue weighted by Gasteiger charge is -2.21. The lowest BCUT2D eigenvalue weighted by atomic mass is 9.91. The fourth-order valence-electron chi connectivity index (χ4n) is 2.57. The molecule has 0 radical (unpaired) electrons. The van der Waals surface area contributed by atoms with E-state index in [-0.39, 0.29) is 24.1 Å². The van der Waals surface area contributed by atoms with E-state index in [1.54, 1.807) is 12.1 Å². The summed E-state index contributed by atoms with van der Waals surface area (Å²) in [5, 5.41) is 8.66. The molecule has 21 heavy (non-hydrogen) atoms. The van der Waals surface area contributed by atoms with Crippen LogP contribution in [0.4, 0.5) is 5.82 Å². The molecule has 1 aromatic rings. The second-order valence-corrected chi connectivity index (χ2v) is 7.04. The van der Waals surface area contributed by atoms with E-state index in [1.807, 2.05) is 0 Å². The molecule has 2 rings (SSSR count). The lowest BCUT2D eigenvalue weighted by molar-refractivity contribution is 0.350. The maximum atomic E-state index is 12.2. The summed E-state index contributed by atoms with van der Waals surface area (Å²) in [6, 6.07) is 3.24. The molecule has 0 aromatic carbocycles. The Kier molecular flexibility index (Phi) is 5.59. The van der Waals surface area contributed by atoms with Crippen LogP contribution in [0.2, 0.25) is 0 Å². The van der Waals surface area contributed by atoms with Crippen LogP contribution in [0.15, 0.2) is 18.3 Å². The molecule has 0 bridgehead atoms. The van der Waals surface area contributed by atoms with E-state index < -0.39 is 10.0 Å². The number of rotatable bonds is 4. The van der Waals surface area contributed by atoms with Gasteiger partial charge in [-0.05, 0) is 30.9 Å². The minimum absolute atomic E-state index is 0.154. The van der Waals surface area contributed by atoms with Gasteiger partial charge in [0.15, 0.2) is 0 Å². The lowest BCUT2D eigenvalue weighted by Crippen LogP contribution is -2.24. The van der Waals surface area contributed by atoms with Gasteiger partial charge in [0, 0.05) is 11.8 Å². The van der Waals surface area contributed by atoms with Crippen LogP contribution in [-0.2, 0) is 10.0 Å². The number of nitrogens with zero attached hydrogens (tertiary/aromatic N) is 1. The van der Waals surface area contributed by atoms with E-state index in [0.29, 0.717) is 5.56 Å². The molecule has 0 saturated heterocycles. The second-order valence-electron chi connectivity index (χ2n) is 5.28. The van der Waals surface area contributed by atoms with Crippen LogP contribution in [0.25, 0.3) is 0 Å². The number of hydrogen-bond donors (Lipinski definition) is 2. The van der Waals surface area contributed by atoms with Gasteiger partial charge in [0.25, 0.3) is 0 Å². The summed E-state index contributed by atoms with van der Waals surface area (Å²) in [7, 11) is -3.38. The van der Waals surface area contributed by atoms with Crippen molar-refractivity contribution in [2.75, 3.05) is 17.1 Å². The zero-order chi connectivity index (χ0) is 15.1. The molecule has 1 heterocycles. The summed E-state index contributed by atoms with van der Waals surface area (Å²) in [6.45, 7) is -0.231. The van der Waals surface area contributed by atoms with Gasteiger partial charge >= 0.3 is 0 Å². The second kappa shape index (κ2) is 7.43. The number of sulfonamides is 1. The van der Waals surface area contributed by atoms with Gasteiger partial charge in [-0.2, -0.15) is 0 Å². The van der Waals surface area contributed by atoms with Gasteiger partial charge in [0.1, 0.15) is 12.4 Å². The summed E-state index contributed by atoms with van der Waals surface area (Å²) >= 11 is 0. The highest BCUT2D eigenvalue weighted by molar-refractivity contribution is 7.92. The fourth-order valence-corrected chi connectivity index (χ4v) is 4.04. The molecule has 2 N–H and O–H groups in total. The molecule has 1 aliphatic carbocycles. The third-order valence-corrected chi connectivity index (χ3v) is 4.94. The quantitative estimate of drug-likeness (QED) is 0.831. The Hall–Kier alpha value is -1.58. The molecule has 1 fully saturated rings. The minimum atomic E-state index is -3.38. The molecular weight excluding hydrogens is 288 g/mol. The number of pyridine rings is 1. The molecular formula is C15H20N2O3S. The van der Waals surface area contributed by atoms with E-state index in [2.05, 4.69) is 21.5 Å². The first kappa shape index (κ1) is 15.8. The van der Waals surface area contributed by atoms with E-state index in [1.165, 1.54) is 12.6 Å². The van der Waals surface area contributed by atoms with Crippen LogP contribution in [0.1, 0.15) is 37.7 Å². The third kappa shape index (κ3) is 5.37. The van der Waals surface area contributed by atoms with Gasteiger partial charge in [-0.15, -0.1) is 0 Å². The molecule has 5 nitrogen and oxygen atoms in total. The largest absolute Gasteiger partial charge is 0.384 e. The highest BCUT2D eigenvalue weighted by Crippen LogP contribution is 2.25. The predicted octanol–water partition coefficient (Wildman–Crippen LogP) is 1.75. The maximum absolute atomic E-state index is 12.2. The number of nitrogens with one attached hydrogen (secondary N) is 1. The Morgan fingerprint density at radius 2 is 2.10 bits per heavy atom. The van der Waals surface area contributed by atoms with Crippen molar-refractivity contribution < 1.29 is 13.5 Å². The van der Waals surface area contributed by atoms with Crippen molar-refractivity contribution >= 4 is 15.8 Å². The highest BCUT2D eigenvalue weighted by Gasteiger charge is 2.21. The van der Waals surface area contributed by atoms with E-state index in [9.17, 15) is 8.42 Å². The Bertz CT molecular complexity index is 626. The topological polar surface area (TPSA) is 79.3 Å². The molecule has 6 heteroatoms. The molecule has 0 atom stereocenters. The first-order valence-electron chi connectivity index (χ1n) is 7.15. The van der Waals surface area contributed by atoms with Gasteiger partial charge in [-0.25, -0.2) is 13.4 Å². The Morgan fingerprint density at radius 3 is 2.81 bits per heavy atom. The van der Waals surface area contributed by atoms with Gasteiger partial charge in [-0.3, -0.25) is 4.72 Å². The van der Waals surface area contributed by atoms with Crippen LogP contribution >= 0.6 is 0 Å². The number of aliphatic hydroxyl groups is 1.